The third-order valence-corrected chi connectivity index (χ3v) is 3.78. The lowest BCUT2D eigenvalue weighted by Crippen LogP contribution is -2.22. The first-order valence-corrected chi connectivity index (χ1v) is 8.36. The number of hydrogen-bond donors (Lipinski definition) is 1. The summed E-state index contributed by atoms with van der Waals surface area (Å²) in [6, 6.07) is 7.11. The standard InChI is InChI=1S/C19H15ClFNO7/c1-27-17(24)10-5-11(18(25)28-2)7-13(6-10)22-16(23)9-29-19(26)14-4-3-12(20)8-15(14)21/h3-8H,9H2,1-2H3,(H,22,23). The van der Waals surface area contributed by atoms with Gasteiger partial charge in [-0.05, 0) is 36.4 Å². The lowest BCUT2D eigenvalue weighted by molar-refractivity contribution is -0.119. The van der Waals surface area contributed by atoms with Gasteiger partial charge in [-0.2, -0.15) is 0 Å². The van der Waals surface area contributed by atoms with E-state index in [1.165, 1.54) is 24.3 Å². The number of carbonyl (C=O) groups is 4. The highest BCUT2D eigenvalue weighted by Crippen LogP contribution is 2.18. The number of methoxy groups -OCH3 is 2. The first-order valence-electron chi connectivity index (χ1n) is 7.99. The van der Waals surface area contributed by atoms with Gasteiger partial charge in [0.25, 0.3) is 5.91 Å². The Bertz CT molecular complexity index is 943. The van der Waals surface area contributed by atoms with Gasteiger partial charge >= 0.3 is 17.9 Å². The lowest BCUT2D eigenvalue weighted by atomic mass is 10.1. The zero-order chi connectivity index (χ0) is 21.6. The molecule has 152 valence electrons. The van der Waals surface area contributed by atoms with Crippen molar-refractivity contribution in [2.75, 3.05) is 26.1 Å². The van der Waals surface area contributed by atoms with Gasteiger partial charge in [0.15, 0.2) is 6.61 Å². The van der Waals surface area contributed by atoms with Gasteiger partial charge in [0, 0.05) is 10.7 Å². The average Bonchev–Trinajstić information content (AvgIpc) is 2.70. The van der Waals surface area contributed by atoms with Crippen LogP contribution < -0.4 is 5.32 Å². The van der Waals surface area contributed by atoms with Crippen LogP contribution in [0.5, 0.6) is 0 Å². The Morgan fingerprint density at radius 2 is 1.52 bits per heavy atom. The molecule has 0 fully saturated rings. The Morgan fingerprint density at radius 3 is 2.03 bits per heavy atom. The highest BCUT2D eigenvalue weighted by atomic mass is 35.5. The Balaban J connectivity index is 2.10. The van der Waals surface area contributed by atoms with E-state index in [4.69, 9.17) is 16.3 Å². The molecule has 2 aromatic rings. The molecule has 1 amide bonds. The third kappa shape index (κ3) is 5.76. The lowest BCUT2D eigenvalue weighted by Gasteiger charge is -2.10. The number of carbonyl (C=O) groups excluding carboxylic acids is 4. The number of hydrogen-bond acceptors (Lipinski definition) is 7. The minimum absolute atomic E-state index is 0.00840. The molecule has 0 saturated heterocycles. The molecule has 0 aromatic heterocycles. The quantitative estimate of drug-likeness (QED) is 0.562. The number of anilines is 1. The molecule has 0 bridgehead atoms. The summed E-state index contributed by atoms with van der Waals surface area (Å²) in [7, 11) is 2.31. The summed E-state index contributed by atoms with van der Waals surface area (Å²) >= 11 is 5.61. The number of benzene rings is 2. The summed E-state index contributed by atoms with van der Waals surface area (Å²) in [6.07, 6.45) is 0. The molecule has 0 aliphatic rings. The zero-order valence-electron chi connectivity index (χ0n) is 15.3. The van der Waals surface area contributed by atoms with Crippen molar-refractivity contribution >= 4 is 41.1 Å². The molecule has 0 saturated carbocycles. The van der Waals surface area contributed by atoms with E-state index in [1.807, 2.05) is 0 Å². The van der Waals surface area contributed by atoms with Crippen LogP contribution in [0.2, 0.25) is 5.02 Å². The average molecular weight is 424 g/mol. The fourth-order valence-electron chi connectivity index (χ4n) is 2.23. The maximum Gasteiger partial charge on any atom is 0.341 e. The van der Waals surface area contributed by atoms with E-state index >= 15 is 0 Å². The normalized spacial score (nSPS) is 10.1. The van der Waals surface area contributed by atoms with Crippen molar-refractivity contribution in [2.45, 2.75) is 0 Å². The second-order valence-corrected chi connectivity index (χ2v) is 5.97. The van der Waals surface area contributed by atoms with Crippen LogP contribution in [0.1, 0.15) is 31.1 Å². The summed E-state index contributed by atoms with van der Waals surface area (Å²) in [5.74, 6) is -4.22. The predicted octanol–water partition coefficient (Wildman–Crippen LogP) is 2.85. The van der Waals surface area contributed by atoms with Crippen molar-refractivity contribution in [3.8, 4) is 0 Å². The molecule has 0 aliphatic heterocycles. The Hall–Kier alpha value is -3.46. The highest BCUT2D eigenvalue weighted by Gasteiger charge is 2.17. The van der Waals surface area contributed by atoms with Crippen LogP contribution in [0, 0.1) is 5.82 Å². The van der Waals surface area contributed by atoms with Crippen molar-refractivity contribution in [1.29, 1.82) is 0 Å². The van der Waals surface area contributed by atoms with E-state index < -0.39 is 36.2 Å². The van der Waals surface area contributed by atoms with Crippen molar-refractivity contribution < 1.29 is 37.8 Å². The van der Waals surface area contributed by atoms with Crippen LogP contribution in [0.4, 0.5) is 10.1 Å². The summed E-state index contributed by atoms with van der Waals surface area (Å²) in [5.41, 5.74) is -0.341. The fraction of sp³-hybridized carbons (Fsp3) is 0.158. The summed E-state index contributed by atoms with van der Waals surface area (Å²) < 4.78 is 27.7. The largest absolute Gasteiger partial charge is 0.465 e. The molecule has 0 heterocycles. The van der Waals surface area contributed by atoms with Crippen molar-refractivity contribution in [2.24, 2.45) is 0 Å². The third-order valence-electron chi connectivity index (χ3n) is 3.54. The topological polar surface area (TPSA) is 108 Å². The molecule has 0 aliphatic carbocycles. The second-order valence-electron chi connectivity index (χ2n) is 5.53. The van der Waals surface area contributed by atoms with E-state index in [0.29, 0.717) is 0 Å². The molecule has 0 unspecified atom stereocenters. The van der Waals surface area contributed by atoms with Gasteiger partial charge in [0.2, 0.25) is 0 Å². The van der Waals surface area contributed by atoms with Crippen LogP contribution in [0.25, 0.3) is 0 Å². The van der Waals surface area contributed by atoms with Gasteiger partial charge in [-0.3, -0.25) is 4.79 Å². The SMILES string of the molecule is COC(=O)c1cc(NC(=O)COC(=O)c2ccc(Cl)cc2F)cc(C(=O)OC)c1. The maximum absolute atomic E-state index is 13.7. The van der Waals surface area contributed by atoms with Gasteiger partial charge in [-0.15, -0.1) is 0 Å². The summed E-state index contributed by atoms with van der Waals surface area (Å²) in [4.78, 5) is 47.4. The molecule has 2 rings (SSSR count). The van der Waals surface area contributed by atoms with Crippen molar-refractivity contribution in [3.63, 3.8) is 0 Å². The van der Waals surface area contributed by atoms with Crippen LogP contribution in [-0.4, -0.2) is 44.6 Å². The molecule has 1 N–H and O–H groups in total. The number of amides is 1. The van der Waals surface area contributed by atoms with Crippen LogP contribution in [-0.2, 0) is 19.0 Å². The molecule has 0 radical (unpaired) electrons. The molecule has 10 heteroatoms. The number of halogens is 2. The maximum atomic E-state index is 13.7. The molecule has 8 nitrogen and oxygen atoms in total. The van der Waals surface area contributed by atoms with E-state index in [-0.39, 0.29) is 27.4 Å². The molecular weight excluding hydrogens is 409 g/mol. The molecular formula is C19H15ClFNO7. The second kappa shape index (κ2) is 9.65. The minimum atomic E-state index is -1.06. The van der Waals surface area contributed by atoms with Crippen molar-refractivity contribution in [3.05, 3.63) is 63.9 Å². The number of esters is 3. The molecule has 29 heavy (non-hydrogen) atoms. The Kier molecular flexibility index (Phi) is 7.27. The van der Waals surface area contributed by atoms with Gasteiger partial charge < -0.3 is 19.5 Å². The monoisotopic (exact) mass is 423 g/mol. The Morgan fingerprint density at radius 1 is 0.931 bits per heavy atom. The van der Waals surface area contributed by atoms with Crippen molar-refractivity contribution in [1.82, 2.24) is 0 Å². The fourth-order valence-corrected chi connectivity index (χ4v) is 2.39. The van der Waals surface area contributed by atoms with Gasteiger partial charge in [-0.25, -0.2) is 18.8 Å². The van der Waals surface area contributed by atoms with Crippen LogP contribution >= 0.6 is 11.6 Å². The summed E-state index contributed by atoms with van der Waals surface area (Å²) in [6.45, 7) is -0.739. The summed E-state index contributed by atoms with van der Waals surface area (Å²) in [5, 5.41) is 2.47. The van der Waals surface area contributed by atoms with Gasteiger partial charge in [0.1, 0.15) is 5.82 Å². The first-order chi connectivity index (χ1) is 13.7. The van der Waals surface area contributed by atoms with Crippen LogP contribution in [0.15, 0.2) is 36.4 Å². The number of nitrogens with one attached hydrogen (secondary N) is 1. The first kappa shape index (κ1) is 21.8. The molecule has 2 aromatic carbocycles. The molecule has 0 atom stereocenters. The van der Waals surface area contributed by atoms with Gasteiger partial charge in [-0.1, -0.05) is 11.6 Å². The van der Waals surface area contributed by atoms with Gasteiger partial charge in [0.05, 0.1) is 30.9 Å². The molecule has 0 spiro atoms. The van der Waals surface area contributed by atoms with E-state index in [0.717, 1.165) is 26.4 Å². The van der Waals surface area contributed by atoms with E-state index in [1.54, 1.807) is 0 Å². The number of ether oxygens (including phenoxy) is 3. The smallest absolute Gasteiger partial charge is 0.341 e. The Labute approximate surface area is 169 Å². The van der Waals surface area contributed by atoms with Crippen LogP contribution in [0.3, 0.4) is 0 Å². The predicted molar refractivity (Wildman–Crippen MR) is 99.4 cm³/mol. The number of rotatable bonds is 6. The highest BCUT2D eigenvalue weighted by molar-refractivity contribution is 6.30. The van der Waals surface area contributed by atoms with E-state index in [2.05, 4.69) is 14.8 Å². The van der Waals surface area contributed by atoms with E-state index in [9.17, 15) is 23.6 Å². The zero-order valence-corrected chi connectivity index (χ0v) is 16.0. The minimum Gasteiger partial charge on any atom is -0.465 e.